The van der Waals surface area contributed by atoms with Crippen molar-refractivity contribution < 1.29 is 23.9 Å². The number of nitrogens with zero attached hydrogens (tertiary/aromatic N) is 2. The average molecular weight is 526 g/mol. The van der Waals surface area contributed by atoms with Gasteiger partial charge in [0.1, 0.15) is 6.54 Å². The molecule has 0 aliphatic carbocycles. The summed E-state index contributed by atoms with van der Waals surface area (Å²) in [5.74, 6) is -1.72. The lowest BCUT2D eigenvalue weighted by Gasteiger charge is -2.13. The molecule has 0 unspecified atom stereocenters. The predicted molar refractivity (Wildman–Crippen MR) is 141 cm³/mol. The van der Waals surface area contributed by atoms with Gasteiger partial charge in [-0.1, -0.05) is 36.7 Å². The Morgan fingerprint density at radius 2 is 1.92 bits per heavy atom. The number of fused-ring (bicyclic) bond motifs is 1. The summed E-state index contributed by atoms with van der Waals surface area (Å²) in [5.41, 5.74) is 2.27. The zero-order valence-electron chi connectivity index (χ0n) is 19.7. The number of halogens is 1. The quantitative estimate of drug-likeness (QED) is 0.305. The van der Waals surface area contributed by atoms with E-state index in [2.05, 4.69) is 9.88 Å². The van der Waals surface area contributed by atoms with Crippen LogP contribution in [0.25, 0.3) is 17.0 Å². The first-order chi connectivity index (χ1) is 17.3. The van der Waals surface area contributed by atoms with Crippen molar-refractivity contribution in [1.29, 1.82) is 0 Å². The number of nitrogens with one attached hydrogen (secondary N) is 1. The van der Waals surface area contributed by atoms with Crippen LogP contribution in [-0.2, 0) is 20.9 Å². The third-order valence-electron chi connectivity index (χ3n) is 5.53. The molecule has 4 rings (SSSR count). The first-order valence-electron chi connectivity index (χ1n) is 11.4. The summed E-state index contributed by atoms with van der Waals surface area (Å²) in [4.78, 5) is 51.5. The third-order valence-corrected chi connectivity index (χ3v) is 6.77. The Hall–Kier alpha value is -3.56. The maximum absolute atomic E-state index is 13.0. The fourth-order valence-electron chi connectivity index (χ4n) is 3.81. The van der Waals surface area contributed by atoms with Crippen molar-refractivity contribution in [1.82, 2.24) is 9.47 Å². The first-order valence-corrected chi connectivity index (χ1v) is 12.6. The highest BCUT2D eigenvalue weighted by molar-refractivity contribution is 8.18. The Labute approximate surface area is 217 Å². The number of ether oxygens (including phenoxy) is 1. The van der Waals surface area contributed by atoms with Crippen LogP contribution in [0.4, 0.5) is 10.5 Å². The Kier molecular flexibility index (Phi) is 7.81. The maximum Gasteiger partial charge on any atom is 0.339 e. The monoisotopic (exact) mass is 525 g/mol. The maximum atomic E-state index is 13.0. The van der Waals surface area contributed by atoms with E-state index in [9.17, 15) is 19.2 Å². The lowest BCUT2D eigenvalue weighted by atomic mass is 10.1. The van der Waals surface area contributed by atoms with Crippen molar-refractivity contribution in [2.75, 3.05) is 18.5 Å². The van der Waals surface area contributed by atoms with Crippen molar-refractivity contribution >= 4 is 69.1 Å². The molecule has 0 bridgehead atoms. The fraction of sp³-hybridized carbons (Fsp3) is 0.231. The molecule has 36 heavy (non-hydrogen) atoms. The lowest BCUT2D eigenvalue weighted by molar-refractivity contribution is -0.127. The molecule has 0 saturated carbocycles. The summed E-state index contributed by atoms with van der Waals surface area (Å²) in [6, 6.07) is 12.2. The minimum atomic E-state index is -0.599. The van der Waals surface area contributed by atoms with Crippen molar-refractivity contribution in [3.8, 4) is 0 Å². The number of hydrogen-bond donors (Lipinski definition) is 1. The minimum Gasteiger partial charge on any atom is -0.462 e. The van der Waals surface area contributed by atoms with Crippen LogP contribution in [0.5, 0.6) is 0 Å². The second-order valence-electron chi connectivity index (χ2n) is 8.03. The summed E-state index contributed by atoms with van der Waals surface area (Å²) in [7, 11) is 0. The van der Waals surface area contributed by atoms with Crippen molar-refractivity contribution in [2.45, 2.75) is 26.8 Å². The fourth-order valence-corrected chi connectivity index (χ4v) is 4.83. The van der Waals surface area contributed by atoms with E-state index in [-0.39, 0.29) is 22.1 Å². The lowest BCUT2D eigenvalue weighted by Crippen LogP contribution is -2.36. The van der Waals surface area contributed by atoms with E-state index in [0.717, 1.165) is 39.7 Å². The van der Waals surface area contributed by atoms with Gasteiger partial charge in [-0.05, 0) is 55.4 Å². The number of para-hydroxylation sites is 1. The molecular weight excluding hydrogens is 502 g/mol. The SMILES string of the molecule is CCCOC(=O)c1cc(NC(=O)CN2C(=O)S/C(=C\c3cn(CC)c4ccccc34)C2=O)ccc1Cl. The molecule has 1 N–H and O–H groups in total. The van der Waals surface area contributed by atoms with Crippen LogP contribution < -0.4 is 5.32 Å². The highest BCUT2D eigenvalue weighted by atomic mass is 35.5. The van der Waals surface area contributed by atoms with Crippen LogP contribution in [0.15, 0.2) is 53.6 Å². The van der Waals surface area contributed by atoms with Gasteiger partial charge in [-0.25, -0.2) is 4.79 Å². The van der Waals surface area contributed by atoms with E-state index >= 15 is 0 Å². The van der Waals surface area contributed by atoms with Gasteiger partial charge in [0.05, 0.1) is 22.1 Å². The molecule has 8 nitrogen and oxygen atoms in total. The van der Waals surface area contributed by atoms with Gasteiger partial charge in [-0.15, -0.1) is 0 Å². The largest absolute Gasteiger partial charge is 0.462 e. The molecule has 0 radical (unpaired) electrons. The van der Waals surface area contributed by atoms with Gasteiger partial charge in [0.25, 0.3) is 11.1 Å². The normalized spacial score (nSPS) is 14.6. The summed E-state index contributed by atoms with van der Waals surface area (Å²) >= 11 is 6.89. The number of anilines is 1. The number of benzene rings is 2. The second kappa shape index (κ2) is 11.0. The first kappa shape index (κ1) is 25.5. The number of aromatic nitrogens is 1. The van der Waals surface area contributed by atoms with Gasteiger partial charge in [-0.2, -0.15) is 0 Å². The summed E-state index contributed by atoms with van der Waals surface area (Å²) in [6.45, 7) is 4.45. The molecular formula is C26H24ClN3O5S. The minimum absolute atomic E-state index is 0.114. The van der Waals surface area contributed by atoms with Gasteiger partial charge in [0.2, 0.25) is 5.91 Å². The van der Waals surface area contributed by atoms with Crippen LogP contribution >= 0.6 is 23.4 Å². The number of rotatable bonds is 8. The van der Waals surface area contributed by atoms with Gasteiger partial charge in [-0.3, -0.25) is 19.3 Å². The van der Waals surface area contributed by atoms with Crippen LogP contribution in [0.2, 0.25) is 5.02 Å². The van der Waals surface area contributed by atoms with Crippen molar-refractivity contribution in [2.24, 2.45) is 0 Å². The third kappa shape index (κ3) is 5.32. The number of thioether (sulfide) groups is 1. The van der Waals surface area contributed by atoms with Crippen LogP contribution in [0.1, 0.15) is 36.2 Å². The van der Waals surface area contributed by atoms with E-state index in [1.807, 2.05) is 44.3 Å². The smallest absolute Gasteiger partial charge is 0.339 e. The molecule has 2 aromatic carbocycles. The predicted octanol–water partition coefficient (Wildman–Crippen LogP) is 5.56. The molecule has 1 aromatic heterocycles. The van der Waals surface area contributed by atoms with Gasteiger partial charge in [0, 0.05) is 34.9 Å². The molecule has 3 aromatic rings. The standard InChI is InChI=1S/C26H24ClN3O5S/c1-3-11-35-25(33)19-13-17(9-10-20(19)27)28-23(31)15-30-24(32)22(36-26(30)34)12-16-14-29(4-2)21-8-6-5-7-18(16)21/h5-10,12-14H,3-4,11,15H2,1-2H3,(H,28,31)/b22-12-. The Bertz CT molecular complexity index is 1400. The second-order valence-corrected chi connectivity index (χ2v) is 9.43. The molecule has 10 heteroatoms. The molecule has 1 aliphatic heterocycles. The van der Waals surface area contributed by atoms with E-state index in [4.69, 9.17) is 16.3 Å². The topological polar surface area (TPSA) is 97.7 Å². The van der Waals surface area contributed by atoms with E-state index in [1.54, 1.807) is 6.08 Å². The summed E-state index contributed by atoms with van der Waals surface area (Å²) in [6.07, 6.45) is 4.28. The molecule has 1 fully saturated rings. The van der Waals surface area contributed by atoms with Gasteiger partial charge < -0.3 is 14.6 Å². The Morgan fingerprint density at radius 1 is 1.14 bits per heavy atom. The van der Waals surface area contributed by atoms with Crippen LogP contribution in [0, 0.1) is 0 Å². The number of carbonyl (C=O) groups excluding carboxylic acids is 4. The molecule has 3 amide bonds. The van der Waals surface area contributed by atoms with Gasteiger partial charge >= 0.3 is 5.97 Å². The van der Waals surface area contributed by atoms with Crippen LogP contribution in [0.3, 0.4) is 0 Å². The highest BCUT2D eigenvalue weighted by Gasteiger charge is 2.36. The van der Waals surface area contributed by atoms with Gasteiger partial charge in [0.15, 0.2) is 0 Å². The molecule has 186 valence electrons. The number of hydrogen-bond acceptors (Lipinski definition) is 6. The van der Waals surface area contributed by atoms with E-state index in [0.29, 0.717) is 12.1 Å². The zero-order chi connectivity index (χ0) is 25.8. The summed E-state index contributed by atoms with van der Waals surface area (Å²) < 4.78 is 7.17. The Morgan fingerprint density at radius 3 is 2.67 bits per heavy atom. The van der Waals surface area contributed by atoms with E-state index in [1.165, 1.54) is 18.2 Å². The number of imide groups is 1. The Balaban J connectivity index is 1.48. The molecule has 2 heterocycles. The molecule has 0 atom stereocenters. The molecule has 1 aliphatic rings. The van der Waals surface area contributed by atoms with Crippen molar-refractivity contribution in [3.05, 3.63) is 69.7 Å². The van der Waals surface area contributed by atoms with Crippen molar-refractivity contribution in [3.63, 3.8) is 0 Å². The summed E-state index contributed by atoms with van der Waals surface area (Å²) in [5, 5.41) is 3.24. The van der Waals surface area contributed by atoms with E-state index < -0.39 is 29.6 Å². The number of aryl methyl sites for hydroxylation is 1. The number of esters is 1. The average Bonchev–Trinajstić information content (AvgIpc) is 3.35. The highest BCUT2D eigenvalue weighted by Crippen LogP contribution is 2.34. The zero-order valence-corrected chi connectivity index (χ0v) is 21.3. The number of amides is 3. The number of carbonyl (C=O) groups is 4. The van der Waals surface area contributed by atoms with Crippen LogP contribution in [-0.4, -0.2) is 45.6 Å². The molecule has 0 spiro atoms. The molecule has 1 saturated heterocycles.